The van der Waals surface area contributed by atoms with Crippen molar-refractivity contribution in [2.24, 2.45) is 5.73 Å². The van der Waals surface area contributed by atoms with Gasteiger partial charge in [0.15, 0.2) is 0 Å². The van der Waals surface area contributed by atoms with Crippen molar-refractivity contribution in [1.82, 2.24) is 9.55 Å². The molecule has 0 bridgehead atoms. The summed E-state index contributed by atoms with van der Waals surface area (Å²) in [6.45, 7) is 3.70. The molecule has 0 aliphatic carbocycles. The van der Waals surface area contributed by atoms with Gasteiger partial charge in [-0.15, -0.1) is 9.24 Å². The van der Waals surface area contributed by atoms with E-state index in [4.69, 9.17) is 10.5 Å². The van der Waals surface area contributed by atoms with Crippen LogP contribution in [0.2, 0.25) is 0 Å². The Morgan fingerprint density at radius 2 is 2.09 bits per heavy atom. The minimum Gasteiger partial charge on any atom is -0.377 e. The van der Waals surface area contributed by atoms with Gasteiger partial charge in [-0.3, -0.25) is 0 Å². The number of hydrogen-bond acceptors (Lipinski definition) is 3. The monoisotopic (exact) mass is 327 g/mol. The van der Waals surface area contributed by atoms with E-state index in [9.17, 15) is 8.78 Å². The second kappa shape index (κ2) is 6.41. The number of aromatic nitrogens is 2. The van der Waals surface area contributed by atoms with E-state index < -0.39 is 23.3 Å². The van der Waals surface area contributed by atoms with Gasteiger partial charge >= 0.3 is 0 Å². The number of imidazole rings is 1. The molecule has 1 aromatic heterocycles. The SMILES string of the molecule is COC(C)(C)[C@@H](N)c1nc(-c2cc(F)ccc2F)cn1CP. The molecule has 22 heavy (non-hydrogen) atoms. The molecule has 2 aromatic rings. The Hall–Kier alpha value is -1.36. The van der Waals surface area contributed by atoms with Crippen LogP contribution in [-0.2, 0) is 11.0 Å². The molecule has 1 heterocycles. The van der Waals surface area contributed by atoms with E-state index in [1.54, 1.807) is 17.9 Å². The van der Waals surface area contributed by atoms with Crippen molar-refractivity contribution in [2.45, 2.75) is 31.8 Å². The molecule has 0 saturated heterocycles. The van der Waals surface area contributed by atoms with Crippen molar-refractivity contribution in [3.05, 3.63) is 41.9 Å². The van der Waals surface area contributed by atoms with Gasteiger partial charge in [0.25, 0.3) is 0 Å². The molecule has 0 aliphatic rings. The Morgan fingerprint density at radius 1 is 1.41 bits per heavy atom. The number of methoxy groups -OCH3 is 1. The molecule has 4 nitrogen and oxygen atoms in total. The highest BCUT2D eigenvalue weighted by Crippen LogP contribution is 2.30. The normalized spacial score (nSPS) is 13.4. The molecule has 7 heteroatoms. The van der Waals surface area contributed by atoms with E-state index in [0.29, 0.717) is 17.8 Å². The number of halogens is 2. The van der Waals surface area contributed by atoms with Gasteiger partial charge in [0.1, 0.15) is 17.5 Å². The molecule has 120 valence electrons. The maximum atomic E-state index is 13.9. The molecule has 0 radical (unpaired) electrons. The summed E-state index contributed by atoms with van der Waals surface area (Å²) in [6, 6.07) is 2.78. The average Bonchev–Trinajstić information content (AvgIpc) is 2.92. The first-order chi connectivity index (χ1) is 10.3. The lowest BCUT2D eigenvalue weighted by molar-refractivity contribution is -0.00289. The highest BCUT2D eigenvalue weighted by molar-refractivity contribution is 7.15. The minimum absolute atomic E-state index is 0.112. The van der Waals surface area contributed by atoms with Crippen LogP contribution in [-0.4, -0.2) is 22.3 Å². The van der Waals surface area contributed by atoms with Gasteiger partial charge in [0.05, 0.1) is 17.3 Å². The van der Waals surface area contributed by atoms with Crippen LogP contribution in [0.15, 0.2) is 24.4 Å². The molecule has 2 atom stereocenters. The highest BCUT2D eigenvalue weighted by atomic mass is 31.0. The molecular formula is C15H20F2N3OP. The smallest absolute Gasteiger partial charge is 0.132 e. The van der Waals surface area contributed by atoms with E-state index in [1.807, 2.05) is 13.8 Å². The molecule has 0 amide bonds. The van der Waals surface area contributed by atoms with Crippen LogP contribution >= 0.6 is 9.24 Å². The Kier molecular flexibility index (Phi) is 4.95. The zero-order valence-corrected chi connectivity index (χ0v) is 14.0. The molecule has 2 rings (SSSR count). The molecule has 1 unspecified atom stereocenters. The van der Waals surface area contributed by atoms with Crippen LogP contribution in [0.3, 0.4) is 0 Å². The molecule has 0 fully saturated rings. The molecule has 0 saturated carbocycles. The first kappa shape index (κ1) is 17.0. The van der Waals surface area contributed by atoms with Crippen LogP contribution in [0.1, 0.15) is 25.7 Å². The van der Waals surface area contributed by atoms with Crippen LogP contribution in [0.4, 0.5) is 8.78 Å². The zero-order valence-electron chi connectivity index (χ0n) is 12.8. The first-order valence-electron chi connectivity index (χ1n) is 6.83. The third-order valence-corrected chi connectivity index (χ3v) is 4.16. The number of nitrogens with zero attached hydrogens (tertiary/aromatic N) is 2. The van der Waals surface area contributed by atoms with Gasteiger partial charge in [-0.05, 0) is 32.0 Å². The number of benzene rings is 1. The van der Waals surface area contributed by atoms with Gasteiger partial charge in [0.2, 0.25) is 0 Å². The predicted molar refractivity (Wildman–Crippen MR) is 85.3 cm³/mol. The van der Waals surface area contributed by atoms with Gasteiger partial charge < -0.3 is 15.0 Å². The van der Waals surface area contributed by atoms with Crippen LogP contribution < -0.4 is 5.73 Å². The quantitative estimate of drug-likeness (QED) is 0.859. The first-order valence-corrected chi connectivity index (χ1v) is 7.65. The summed E-state index contributed by atoms with van der Waals surface area (Å²) >= 11 is 0. The summed E-state index contributed by atoms with van der Waals surface area (Å²) in [7, 11) is 4.13. The fraction of sp³-hybridized carbons (Fsp3) is 0.400. The van der Waals surface area contributed by atoms with Gasteiger partial charge in [-0.25, -0.2) is 13.8 Å². The number of hydrogen-bond donors (Lipinski definition) is 1. The highest BCUT2D eigenvalue weighted by Gasteiger charge is 2.31. The van der Waals surface area contributed by atoms with Gasteiger partial charge in [0, 0.05) is 25.2 Å². The third-order valence-electron chi connectivity index (χ3n) is 3.76. The number of ether oxygens (including phenoxy) is 1. The topological polar surface area (TPSA) is 53.1 Å². The molecule has 0 spiro atoms. The van der Waals surface area contributed by atoms with E-state index in [-0.39, 0.29) is 5.56 Å². The van der Waals surface area contributed by atoms with Crippen molar-refractivity contribution in [3.63, 3.8) is 0 Å². The van der Waals surface area contributed by atoms with Crippen molar-refractivity contribution in [1.29, 1.82) is 0 Å². The fourth-order valence-corrected chi connectivity index (χ4v) is 2.38. The second-order valence-corrected chi connectivity index (χ2v) is 5.91. The van der Waals surface area contributed by atoms with Crippen molar-refractivity contribution in [3.8, 4) is 11.3 Å². The van der Waals surface area contributed by atoms with Crippen LogP contribution in [0, 0.1) is 11.6 Å². The van der Waals surface area contributed by atoms with Crippen molar-refractivity contribution < 1.29 is 13.5 Å². The largest absolute Gasteiger partial charge is 0.377 e. The maximum absolute atomic E-state index is 13.9. The lowest BCUT2D eigenvalue weighted by Gasteiger charge is -2.29. The zero-order chi connectivity index (χ0) is 16.5. The maximum Gasteiger partial charge on any atom is 0.132 e. The van der Waals surface area contributed by atoms with E-state index >= 15 is 0 Å². The van der Waals surface area contributed by atoms with Crippen LogP contribution in [0.25, 0.3) is 11.3 Å². The van der Waals surface area contributed by atoms with Gasteiger partial charge in [-0.2, -0.15) is 0 Å². The second-order valence-electron chi connectivity index (χ2n) is 5.55. The van der Waals surface area contributed by atoms with Crippen molar-refractivity contribution >= 4 is 9.24 Å². The number of nitrogens with two attached hydrogens (primary N) is 1. The fourth-order valence-electron chi connectivity index (χ4n) is 2.09. The van der Waals surface area contributed by atoms with Crippen molar-refractivity contribution in [2.75, 3.05) is 7.11 Å². The lowest BCUT2D eigenvalue weighted by atomic mass is 9.99. The number of rotatable bonds is 5. The van der Waals surface area contributed by atoms with E-state index in [1.165, 1.54) is 0 Å². The lowest BCUT2D eigenvalue weighted by Crippen LogP contribution is -2.38. The Labute approximate surface area is 130 Å². The summed E-state index contributed by atoms with van der Waals surface area (Å²) in [5.74, 6) is -0.485. The summed E-state index contributed by atoms with van der Waals surface area (Å²) < 4.78 is 34.5. The molecular weight excluding hydrogens is 307 g/mol. The summed E-state index contributed by atoms with van der Waals surface area (Å²) in [6.07, 6.45) is 2.19. The molecule has 2 N–H and O–H groups in total. The standard InChI is InChI=1S/C15H20F2N3OP/c1-15(2,21-3)13(18)14-19-12(7-20(14)8-22)10-6-9(16)4-5-11(10)17/h4-7,13H,8,18,22H2,1-3H3/t13-/m0/s1. The molecule has 0 aliphatic heterocycles. The minimum atomic E-state index is -0.638. The predicted octanol–water partition coefficient (Wildman–Crippen LogP) is 3.09. The van der Waals surface area contributed by atoms with Crippen LogP contribution in [0.5, 0.6) is 0 Å². The summed E-state index contributed by atoms with van der Waals surface area (Å²) in [5.41, 5.74) is 6.05. The van der Waals surface area contributed by atoms with E-state index in [2.05, 4.69) is 14.2 Å². The summed E-state index contributed by atoms with van der Waals surface area (Å²) in [5, 5.41) is 0. The summed E-state index contributed by atoms with van der Waals surface area (Å²) in [4.78, 5) is 4.41. The Bertz CT molecular complexity index is 673. The Balaban J connectivity index is 2.51. The molecule has 1 aromatic carbocycles. The average molecular weight is 327 g/mol. The third kappa shape index (κ3) is 3.19. The van der Waals surface area contributed by atoms with E-state index in [0.717, 1.165) is 18.2 Å². The Morgan fingerprint density at radius 3 is 2.68 bits per heavy atom. The van der Waals surface area contributed by atoms with Gasteiger partial charge in [-0.1, -0.05) is 0 Å².